The van der Waals surface area contributed by atoms with Crippen LogP contribution in [0.25, 0.3) is 0 Å². The number of aliphatic hydroxyl groups excluding tert-OH is 1. The largest absolute Gasteiger partial charge is 0.394 e. The van der Waals surface area contributed by atoms with Gasteiger partial charge in [-0.2, -0.15) is 0 Å². The Hall–Kier alpha value is -1.49. The summed E-state index contributed by atoms with van der Waals surface area (Å²) in [4.78, 5) is 19.9. The standard InChI is InChI=1S/C13H19N3O2/c1-10-2-4-13(9-17,5-3-10)16-12(18)11-8-14-6-7-15-11/h6-8,10,17H,2-5,9H2,1H3,(H,16,18). The van der Waals surface area contributed by atoms with Crippen LogP contribution in [-0.2, 0) is 0 Å². The maximum Gasteiger partial charge on any atom is 0.271 e. The third-order valence-electron chi connectivity index (χ3n) is 3.71. The van der Waals surface area contributed by atoms with Crippen molar-refractivity contribution in [2.45, 2.75) is 38.1 Å². The molecule has 1 fully saturated rings. The molecule has 1 aromatic heterocycles. The molecule has 0 unspecified atom stereocenters. The number of hydrogen-bond donors (Lipinski definition) is 2. The first-order valence-corrected chi connectivity index (χ1v) is 6.35. The number of carbonyl (C=O) groups is 1. The molecule has 0 aliphatic heterocycles. The normalized spacial score (nSPS) is 27.8. The van der Waals surface area contributed by atoms with Gasteiger partial charge in [0.2, 0.25) is 0 Å². The van der Waals surface area contributed by atoms with Crippen molar-refractivity contribution >= 4 is 5.91 Å². The number of hydrogen-bond acceptors (Lipinski definition) is 4. The molecule has 18 heavy (non-hydrogen) atoms. The Morgan fingerprint density at radius 1 is 1.50 bits per heavy atom. The summed E-state index contributed by atoms with van der Waals surface area (Å²) < 4.78 is 0. The molecule has 2 N–H and O–H groups in total. The minimum absolute atomic E-state index is 0.0221. The zero-order valence-corrected chi connectivity index (χ0v) is 10.6. The van der Waals surface area contributed by atoms with Gasteiger partial charge in [0.25, 0.3) is 5.91 Å². The zero-order valence-electron chi connectivity index (χ0n) is 10.6. The van der Waals surface area contributed by atoms with Crippen LogP contribution in [0, 0.1) is 5.92 Å². The Balaban J connectivity index is 2.05. The lowest BCUT2D eigenvalue weighted by Crippen LogP contribution is -2.53. The van der Waals surface area contributed by atoms with Crippen LogP contribution >= 0.6 is 0 Å². The minimum atomic E-state index is -0.485. The number of carbonyl (C=O) groups excluding carboxylic acids is 1. The van der Waals surface area contributed by atoms with Gasteiger partial charge in [0.05, 0.1) is 18.3 Å². The van der Waals surface area contributed by atoms with Crippen molar-refractivity contribution in [3.63, 3.8) is 0 Å². The summed E-state index contributed by atoms with van der Waals surface area (Å²) >= 11 is 0. The average Bonchev–Trinajstić information content (AvgIpc) is 2.43. The van der Waals surface area contributed by atoms with Crippen LogP contribution in [0.1, 0.15) is 43.1 Å². The highest BCUT2D eigenvalue weighted by Gasteiger charge is 2.35. The lowest BCUT2D eigenvalue weighted by Gasteiger charge is -2.38. The Bertz CT molecular complexity index is 400. The molecule has 2 rings (SSSR count). The van der Waals surface area contributed by atoms with Gasteiger partial charge in [-0.3, -0.25) is 9.78 Å². The first-order chi connectivity index (χ1) is 8.65. The first-order valence-electron chi connectivity index (χ1n) is 6.35. The van der Waals surface area contributed by atoms with Gasteiger partial charge in [0, 0.05) is 12.4 Å². The maximum absolute atomic E-state index is 12.0. The molecule has 0 aromatic carbocycles. The summed E-state index contributed by atoms with van der Waals surface area (Å²) in [5.74, 6) is 0.407. The van der Waals surface area contributed by atoms with E-state index < -0.39 is 5.54 Å². The summed E-state index contributed by atoms with van der Waals surface area (Å²) in [6.45, 7) is 2.18. The van der Waals surface area contributed by atoms with Crippen LogP contribution in [0.15, 0.2) is 18.6 Å². The van der Waals surface area contributed by atoms with Crippen LogP contribution < -0.4 is 5.32 Å². The Kier molecular flexibility index (Phi) is 3.91. The Morgan fingerprint density at radius 2 is 2.22 bits per heavy atom. The van der Waals surface area contributed by atoms with Gasteiger partial charge in [0.15, 0.2) is 0 Å². The molecule has 1 heterocycles. The third-order valence-corrected chi connectivity index (χ3v) is 3.71. The van der Waals surface area contributed by atoms with Crippen LogP contribution in [0.2, 0.25) is 0 Å². The van der Waals surface area contributed by atoms with E-state index in [1.165, 1.54) is 18.6 Å². The predicted molar refractivity (Wildman–Crippen MR) is 66.9 cm³/mol. The average molecular weight is 249 g/mol. The third kappa shape index (κ3) is 2.85. The van der Waals surface area contributed by atoms with Crippen molar-refractivity contribution in [3.05, 3.63) is 24.3 Å². The van der Waals surface area contributed by atoms with Crippen molar-refractivity contribution in [3.8, 4) is 0 Å². The molecule has 0 radical (unpaired) electrons. The summed E-state index contributed by atoms with van der Waals surface area (Å²) in [6, 6.07) is 0. The minimum Gasteiger partial charge on any atom is -0.394 e. The molecule has 0 spiro atoms. The molecular weight excluding hydrogens is 230 g/mol. The second-order valence-corrected chi connectivity index (χ2v) is 5.17. The highest BCUT2D eigenvalue weighted by Crippen LogP contribution is 2.31. The van der Waals surface area contributed by atoms with Crippen LogP contribution in [-0.4, -0.2) is 33.1 Å². The lowest BCUT2D eigenvalue weighted by atomic mass is 9.77. The fourth-order valence-electron chi connectivity index (χ4n) is 2.36. The second-order valence-electron chi connectivity index (χ2n) is 5.17. The van der Waals surface area contributed by atoms with Gasteiger partial charge < -0.3 is 10.4 Å². The smallest absolute Gasteiger partial charge is 0.271 e. The summed E-state index contributed by atoms with van der Waals surface area (Å²) in [7, 11) is 0. The second kappa shape index (κ2) is 5.44. The van der Waals surface area contributed by atoms with E-state index in [1.807, 2.05) is 0 Å². The van der Waals surface area contributed by atoms with Gasteiger partial charge in [-0.1, -0.05) is 6.92 Å². The van der Waals surface area contributed by atoms with Crippen molar-refractivity contribution in [1.82, 2.24) is 15.3 Å². The van der Waals surface area contributed by atoms with Crippen molar-refractivity contribution < 1.29 is 9.90 Å². The van der Waals surface area contributed by atoms with Gasteiger partial charge in [-0.25, -0.2) is 4.98 Å². The SMILES string of the molecule is CC1CCC(CO)(NC(=O)c2cnccn2)CC1. The topological polar surface area (TPSA) is 75.1 Å². The molecular formula is C13H19N3O2. The van der Waals surface area contributed by atoms with E-state index in [0.717, 1.165) is 25.7 Å². The fraction of sp³-hybridized carbons (Fsp3) is 0.615. The van der Waals surface area contributed by atoms with E-state index in [-0.39, 0.29) is 12.5 Å². The van der Waals surface area contributed by atoms with Gasteiger partial charge >= 0.3 is 0 Å². The van der Waals surface area contributed by atoms with Crippen LogP contribution in [0.3, 0.4) is 0 Å². The predicted octanol–water partition coefficient (Wildman–Crippen LogP) is 1.15. The van der Waals surface area contributed by atoms with E-state index in [9.17, 15) is 9.90 Å². The maximum atomic E-state index is 12.0. The van der Waals surface area contributed by atoms with Gasteiger partial charge in [-0.05, 0) is 31.6 Å². The molecule has 98 valence electrons. The summed E-state index contributed by atoms with van der Waals surface area (Å²) in [6.07, 6.45) is 8.15. The van der Waals surface area contributed by atoms with Crippen LogP contribution in [0.5, 0.6) is 0 Å². The molecule has 0 atom stereocenters. The Morgan fingerprint density at radius 3 is 2.78 bits per heavy atom. The van der Waals surface area contributed by atoms with E-state index in [1.54, 1.807) is 0 Å². The molecule has 1 saturated carbocycles. The molecule has 5 heteroatoms. The van der Waals surface area contributed by atoms with Gasteiger partial charge in [-0.15, -0.1) is 0 Å². The van der Waals surface area contributed by atoms with Crippen molar-refractivity contribution in [2.24, 2.45) is 5.92 Å². The number of amides is 1. The monoisotopic (exact) mass is 249 g/mol. The van der Waals surface area contributed by atoms with E-state index in [2.05, 4.69) is 22.2 Å². The molecule has 1 aliphatic carbocycles. The molecule has 0 bridgehead atoms. The van der Waals surface area contributed by atoms with Crippen molar-refractivity contribution in [2.75, 3.05) is 6.61 Å². The number of aliphatic hydroxyl groups is 1. The lowest BCUT2D eigenvalue weighted by molar-refractivity contribution is 0.0712. The fourth-order valence-corrected chi connectivity index (χ4v) is 2.36. The van der Waals surface area contributed by atoms with Crippen LogP contribution in [0.4, 0.5) is 0 Å². The molecule has 1 amide bonds. The molecule has 1 aromatic rings. The van der Waals surface area contributed by atoms with E-state index >= 15 is 0 Å². The number of nitrogens with one attached hydrogen (secondary N) is 1. The highest BCUT2D eigenvalue weighted by molar-refractivity contribution is 5.92. The first kappa shape index (κ1) is 13.0. The Labute approximate surface area is 107 Å². The highest BCUT2D eigenvalue weighted by atomic mass is 16.3. The number of aromatic nitrogens is 2. The van der Waals surface area contributed by atoms with E-state index in [4.69, 9.17) is 0 Å². The molecule has 0 saturated heterocycles. The van der Waals surface area contributed by atoms with Crippen molar-refractivity contribution in [1.29, 1.82) is 0 Å². The van der Waals surface area contributed by atoms with E-state index in [0.29, 0.717) is 11.6 Å². The quantitative estimate of drug-likeness (QED) is 0.842. The zero-order chi connectivity index (χ0) is 13.0. The number of nitrogens with zero attached hydrogens (tertiary/aromatic N) is 2. The molecule has 5 nitrogen and oxygen atoms in total. The number of rotatable bonds is 3. The summed E-state index contributed by atoms with van der Waals surface area (Å²) in [5.41, 5.74) is -0.190. The molecule has 1 aliphatic rings. The van der Waals surface area contributed by atoms with Gasteiger partial charge in [0.1, 0.15) is 5.69 Å². The summed E-state index contributed by atoms with van der Waals surface area (Å²) in [5, 5.41) is 12.5.